The van der Waals surface area contributed by atoms with Gasteiger partial charge < -0.3 is 5.53 Å². The molecular weight excluding hydrogens is 376 g/mol. The summed E-state index contributed by atoms with van der Waals surface area (Å²) in [5.41, 5.74) is 19.0. The SMILES string of the molecule is CCCCCCCCc1cccc(C2=CC(CCCC)=C(c3cccc(C)c3)[N+]2=[N-])c1. The van der Waals surface area contributed by atoms with Gasteiger partial charge in [-0.3, -0.25) is 0 Å². The van der Waals surface area contributed by atoms with Gasteiger partial charge in [-0.2, -0.15) is 0 Å². The maximum Gasteiger partial charge on any atom is 0.210 e. The van der Waals surface area contributed by atoms with E-state index in [0.29, 0.717) is 0 Å². The maximum absolute atomic E-state index is 11.2. The minimum absolute atomic E-state index is 0.896. The second-order valence-corrected chi connectivity index (χ2v) is 8.91. The van der Waals surface area contributed by atoms with E-state index in [2.05, 4.69) is 75.4 Å². The number of hydrogen-bond donors (Lipinski definition) is 0. The Balaban J connectivity index is 1.76. The van der Waals surface area contributed by atoms with E-state index in [1.54, 1.807) is 0 Å². The van der Waals surface area contributed by atoms with E-state index in [1.165, 1.54) is 59.9 Å². The molecule has 0 N–H and O–H groups in total. The van der Waals surface area contributed by atoms with Crippen LogP contribution < -0.4 is 0 Å². The van der Waals surface area contributed by atoms with Crippen molar-refractivity contribution in [3.05, 3.63) is 88.0 Å². The number of rotatable bonds is 12. The van der Waals surface area contributed by atoms with Gasteiger partial charge in [-0.25, -0.2) is 4.70 Å². The molecule has 2 aromatic rings. The Labute approximate surface area is 189 Å². The molecule has 0 bridgehead atoms. The van der Waals surface area contributed by atoms with Crippen molar-refractivity contribution >= 4 is 11.4 Å². The largest absolute Gasteiger partial charge is 0.493 e. The Kier molecular flexibility index (Phi) is 8.82. The van der Waals surface area contributed by atoms with Crippen molar-refractivity contribution in [2.75, 3.05) is 0 Å². The molecule has 2 aromatic carbocycles. The van der Waals surface area contributed by atoms with Crippen LogP contribution in [0.5, 0.6) is 0 Å². The number of benzene rings is 2. The third-order valence-corrected chi connectivity index (χ3v) is 6.19. The van der Waals surface area contributed by atoms with Crippen LogP contribution in [0.25, 0.3) is 16.9 Å². The number of unbranched alkanes of at least 4 members (excludes halogenated alkanes) is 6. The van der Waals surface area contributed by atoms with Gasteiger partial charge in [0.1, 0.15) is 0 Å². The van der Waals surface area contributed by atoms with Gasteiger partial charge in [0.15, 0.2) is 0 Å². The van der Waals surface area contributed by atoms with E-state index in [1.807, 2.05) is 0 Å². The number of nitrogens with zero attached hydrogens (tertiary/aromatic N) is 2. The monoisotopic (exact) mass is 414 g/mol. The second kappa shape index (κ2) is 11.8. The van der Waals surface area contributed by atoms with Crippen molar-refractivity contribution in [3.8, 4) is 0 Å². The summed E-state index contributed by atoms with van der Waals surface area (Å²) in [5, 5.41) is 0. The van der Waals surface area contributed by atoms with Crippen molar-refractivity contribution in [2.45, 2.75) is 85.0 Å². The molecular formula is C29H38N2. The minimum atomic E-state index is 0.896. The smallest absolute Gasteiger partial charge is 0.210 e. The molecule has 0 radical (unpaired) electrons. The zero-order chi connectivity index (χ0) is 22.1. The van der Waals surface area contributed by atoms with Gasteiger partial charge in [-0.15, -0.1) is 0 Å². The zero-order valence-electron chi connectivity index (χ0n) is 19.7. The summed E-state index contributed by atoms with van der Waals surface area (Å²) < 4.78 is 1.42. The second-order valence-electron chi connectivity index (χ2n) is 8.91. The Hall–Kier alpha value is -2.48. The molecule has 3 rings (SSSR count). The molecule has 0 aliphatic carbocycles. The summed E-state index contributed by atoms with van der Waals surface area (Å²) in [5.74, 6) is 0. The van der Waals surface area contributed by atoms with Crippen LogP contribution in [-0.2, 0) is 6.42 Å². The Morgan fingerprint density at radius 1 is 0.742 bits per heavy atom. The third-order valence-electron chi connectivity index (χ3n) is 6.19. The van der Waals surface area contributed by atoms with E-state index in [-0.39, 0.29) is 0 Å². The van der Waals surface area contributed by atoms with Crippen molar-refractivity contribution < 1.29 is 4.70 Å². The summed E-state index contributed by atoms with van der Waals surface area (Å²) in [6.07, 6.45) is 14.5. The lowest BCUT2D eigenvalue weighted by molar-refractivity contribution is -0.344. The molecule has 0 saturated heterocycles. The highest BCUT2D eigenvalue weighted by Crippen LogP contribution is 2.37. The fourth-order valence-electron chi connectivity index (χ4n) is 4.41. The normalized spacial score (nSPS) is 13.8. The van der Waals surface area contributed by atoms with Gasteiger partial charge in [-0.1, -0.05) is 82.2 Å². The number of aryl methyl sites for hydroxylation is 2. The van der Waals surface area contributed by atoms with Crippen LogP contribution in [0.15, 0.2) is 60.2 Å². The lowest BCUT2D eigenvalue weighted by atomic mass is 10.0. The lowest BCUT2D eigenvalue weighted by Gasteiger charge is -2.11. The highest BCUT2D eigenvalue weighted by atomic mass is 15.2. The van der Waals surface area contributed by atoms with E-state index in [4.69, 9.17) is 0 Å². The standard InChI is InChI=1S/C29H38N2/c1-4-6-8-9-10-11-15-24-16-13-18-25(21-24)28-22-27(17-7-5-2)29(31(28)30)26-19-12-14-23(3)20-26/h12-14,16,18-22H,4-11,15,17H2,1-3H3. The molecule has 2 nitrogen and oxygen atoms in total. The molecule has 1 heterocycles. The predicted molar refractivity (Wildman–Crippen MR) is 133 cm³/mol. The fourth-order valence-corrected chi connectivity index (χ4v) is 4.41. The first kappa shape index (κ1) is 23.2. The first-order valence-corrected chi connectivity index (χ1v) is 12.2. The average Bonchev–Trinajstić information content (AvgIpc) is 3.11. The van der Waals surface area contributed by atoms with Crippen LogP contribution in [0.4, 0.5) is 0 Å². The lowest BCUT2D eigenvalue weighted by Crippen LogP contribution is -2.03. The highest BCUT2D eigenvalue weighted by molar-refractivity contribution is 5.78. The molecule has 31 heavy (non-hydrogen) atoms. The first-order valence-electron chi connectivity index (χ1n) is 12.2. The number of allylic oxidation sites excluding steroid dienone is 2. The maximum atomic E-state index is 11.2. The average molecular weight is 415 g/mol. The van der Waals surface area contributed by atoms with Gasteiger partial charge in [0.05, 0.1) is 0 Å². The van der Waals surface area contributed by atoms with E-state index in [9.17, 15) is 5.53 Å². The van der Waals surface area contributed by atoms with Crippen LogP contribution in [0, 0.1) is 6.92 Å². The van der Waals surface area contributed by atoms with Crippen molar-refractivity contribution in [3.63, 3.8) is 0 Å². The van der Waals surface area contributed by atoms with Gasteiger partial charge in [0.25, 0.3) is 0 Å². The first-order chi connectivity index (χ1) is 15.1. The molecule has 164 valence electrons. The Morgan fingerprint density at radius 2 is 1.45 bits per heavy atom. The quantitative estimate of drug-likeness (QED) is 0.245. The summed E-state index contributed by atoms with van der Waals surface area (Å²) in [6, 6.07) is 17.2. The molecule has 1 aliphatic heterocycles. The number of hydrogen-bond acceptors (Lipinski definition) is 0. The molecule has 2 heteroatoms. The minimum Gasteiger partial charge on any atom is -0.493 e. The fraction of sp³-hybridized carbons (Fsp3) is 0.448. The van der Waals surface area contributed by atoms with Crippen LogP contribution >= 0.6 is 0 Å². The summed E-state index contributed by atoms with van der Waals surface area (Å²) in [7, 11) is 0. The Morgan fingerprint density at radius 3 is 2.23 bits per heavy atom. The molecule has 0 amide bonds. The van der Waals surface area contributed by atoms with Crippen LogP contribution in [0.3, 0.4) is 0 Å². The van der Waals surface area contributed by atoms with Crippen molar-refractivity contribution in [1.29, 1.82) is 0 Å². The zero-order valence-corrected chi connectivity index (χ0v) is 19.7. The van der Waals surface area contributed by atoms with Gasteiger partial charge in [0.2, 0.25) is 11.4 Å². The van der Waals surface area contributed by atoms with Gasteiger partial charge in [0, 0.05) is 22.8 Å². The molecule has 0 spiro atoms. The summed E-state index contributed by atoms with van der Waals surface area (Å²) >= 11 is 0. The molecule has 0 aromatic heterocycles. The van der Waals surface area contributed by atoms with Crippen LogP contribution in [0.1, 0.15) is 93.9 Å². The molecule has 0 unspecified atom stereocenters. The highest BCUT2D eigenvalue weighted by Gasteiger charge is 2.28. The Bertz CT molecular complexity index is 949. The third kappa shape index (κ3) is 6.26. The van der Waals surface area contributed by atoms with E-state index < -0.39 is 0 Å². The van der Waals surface area contributed by atoms with Crippen LogP contribution in [0.2, 0.25) is 0 Å². The topological polar surface area (TPSA) is 25.3 Å². The predicted octanol–water partition coefficient (Wildman–Crippen LogP) is 8.89. The molecule has 0 fully saturated rings. The molecule has 0 saturated carbocycles. The summed E-state index contributed by atoms with van der Waals surface area (Å²) in [4.78, 5) is 0. The van der Waals surface area contributed by atoms with Crippen molar-refractivity contribution in [1.82, 2.24) is 0 Å². The summed E-state index contributed by atoms with van der Waals surface area (Å²) in [6.45, 7) is 6.59. The van der Waals surface area contributed by atoms with E-state index >= 15 is 0 Å². The molecule has 1 aliphatic rings. The van der Waals surface area contributed by atoms with Gasteiger partial charge >= 0.3 is 0 Å². The van der Waals surface area contributed by atoms with E-state index in [0.717, 1.165) is 48.2 Å². The van der Waals surface area contributed by atoms with Crippen LogP contribution in [-0.4, -0.2) is 4.70 Å². The van der Waals surface area contributed by atoms with Gasteiger partial charge in [-0.05, 0) is 62.4 Å². The molecule has 0 atom stereocenters. The van der Waals surface area contributed by atoms with Crippen molar-refractivity contribution in [2.24, 2.45) is 0 Å².